The number of rotatable bonds is 12. The lowest BCUT2D eigenvalue weighted by atomic mass is 9.93. The van der Waals surface area contributed by atoms with Gasteiger partial charge in [0, 0.05) is 44.0 Å². The molecule has 2 atom stereocenters. The molecule has 10 nitrogen and oxygen atoms in total. The highest BCUT2D eigenvalue weighted by Gasteiger charge is 2.29. The number of hydrogen-bond donors (Lipinski definition) is 4. The Kier molecular flexibility index (Phi) is 11.3. The van der Waals surface area contributed by atoms with E-state index < -0.39 is 33.6 Å². The summed E-state index contributed by atoms with van der Waals surface area (Å²) >= 11 is 0. The number of unbranched alkanes of at least 4 members (excludes halogenated alkanes) is 1. The van der Waals surface area contributed by atoms with Crippen LogP contribution in [0, 0.1) is 11.6 Å². The van der Waals surface area contributed by atoms with Gasteiger partial charge in [-0.3, -0.25) is 14.4 Å². The van der Waals surface area contributed by atoms with Crippen molar-refractivity contribution in [2.24, 2.45) is 0 Å². The summed E-state index contributed by atoms with van der Waals surface area (Å²) in [4.78, 5) is 27.1. The normalized spacial score (nSPS) is 16.9. The highest BCUT2D eigenvalue weighted by Crippen LogP contribution is 2.27. The van der Waals surface area contributed by atoms with E-state index in [0.717, 1.165) is 50.2 Å². The number of ether oxygens (including phenoxy) is 1. The van der Waals surface area contributed by atoms with Crippen LogP contribution >= 0.6 is 0 Å². The van der Waals surface area contributed by atoms with E-state index in [9.17, 15) is 26.8 Å². The molecule has 242 valence electrons. The standard InChI is InChI=1S/C32H39F2N5O5S/c1-4-5-6-24-17-23(36-32(41)37-30-18-27(31(40)35-2)28(33)19-29(30)34)15-16-39(24)20-21-7-11-25(12-8-21)44-26-13-9-22(10-14-26)38-45(3,42)43/h7-14,18-19,23-24,38H,4-6,15-17,20H2,1-3H3,(H,35,40)(H2,36,37,41). The summed E-state index contributed by atoms with van der Waals surface area (Å²) in [7, 11) is -2.02. The number of carbonyl (C=O) groups excluding carboxylic acids is 2. The molecule has 0 bridgehead atoms. The van der Waals surface area contributed by atoms with Gasteiger partial charge in [-0.2, -0.15) is 0 Å². The second kappa shape index (κ2) is 15.2. The number of benzene rings is 3. The van der Waals surface area contributed by atoms with Gasteiger partial charge in [0.15, 0.2) is 0 Å². The highest BCUT2D eigenvalue weighted by molar-refractivity contribution is 7.92. The number of likely N-dealkylation sites (tertiary alicyclic amines) is 1. The summed E-state index contributed by atoms with van der Waals surface area (Å²) < 4.78 is 59.5. The second-order valence-corrected chi connectivity index (χ2v) is 12.9. The van der Waals surface area contributed by atoms with Crippen LogP contribution in [0.5, 0.6) is 11.5 Å². The summed E-state index contributed by atoms with van der Waals surface area (Å²) in [6.07, 6.45) is 5.54. The Hall–Kier alpha value is -4.23. The number of nitrogens with zero attached hydrogens (tertiary/aromatic N) is 1. The quantitative estimate of drug-likeness (QED) is 0.197. The van der Waals surface area contributed by atoms with Crippen molar-refractivity contribution in [1.82, 2.24) is 15.5 Å². The van der Waals surface area contributed by atoms with Gasteiger partial charge in [-0.15, -0.1) is 0 Å². The van der Waals surface area contributed by atoms with Gasteiger partial charge in [0.25, 0.3) is 5.91 Å². The number of nitrogens with one attached hydrogen (secondary N) is 4. The van der Waals surface area contributed by atoms with Gasteiger partial charge >= 0.3 is 6.03 Å². The van der Waals surface area contributed by atoms with Crippen LogP contribution in [0.2, 0.25) is 0 Å². The molecule has 3 aromatic rings. The third-order valence-corrected chi connectivity index (χ3v) is 8.15. The molecule has 0 radical (unpaired) electrons. The molecule has 1 saturated heterocycles. The van der Waals surface area contributed by atoms with E-state index in [-0.39, 0.29) is 23.3 Å². The number of halogens is 2. The minimum Gasteiger partial charge on any atom is -0.457 e. The minimum atomic E-state index is -3.35. The Labute approximate surface area is 262 Å². The van der Waals surface area contributed by atoms with Crippen molar-refractivity contribution < 1.29 is 31.5 Å². The first kappa shape index (κ1) is 33.7. The maximum Gasteiger partial charge on any atom is 0.319 e. The van der Waals surface area contributed by atoms with Gasteiger partial charge < -0.3 is 20.7 Å². The Morgan fingerprint density at radius 3 is 2.29 bits per heavy atom. The Balaban J connectivity index is 1.33. The van der Waals surface area contributed by atoms with Gasteiger partial charge in [0.1, 0.15) is 23.1 Å². The van der Waals surface area contributed by atoms with Crippen molar-refractivity contribution >= 4 is 33.3 Å². The van der Waals surface area contributed by atoms with E-state index in [1.807, 2.05) is 24.3 Å². The molecule has 1 aliphatic rings. The molecule has 1 heterocycles. The van der Waals surface area contributed by atoms with Crippen LogP contribution in [-0.4, -0.2) is 57.2 Å². The number of hydrogen-bond acceptors (Lipinski definition) is 6. The zero-order valence-electron chi connectivity index (χ0n) is 25.5. The average Bonchev–Trinajstić information content (AvgIpc) is 2.99. The summed E-state index contributed by atoms with van der Waals surface area (Å²) in [5.74, 6) is -1.47. The van der Waals surface area contributed by atoms with Crippen LogP contribution in [0.1, 0.15) is 54.9 Å². The lowest BCUT2D eigenvalue weighted by molar-refractivity contribution is 0.0959. The highest BCUT2D eigenvalue weighted by atomic mass is 32.2. The van der Waals surface area contributed by atoms with Crippen molar-refractivity contribution in [2.45, 2.75) is 57.7 Å². The lowest BCUT2D eigenvalue weighted by Gasteiger charge is -2.40. The summed E-state index contributed by atoms with van der Waals surface area (Å²) in [5, 5.41) is 7.64. The molecule has 3 amide bonds. The number of piperidine rings is 1. The van der Waals surface area contributed by atoms with E-state index in [1.165, 1.54) is 7.05 Å². The number of amides is 3. The molecule has 0 spiro atoms. The van der Waals surface area contributed by atoms with Crippen molar-refractivity contribution in [3.05, 3.63) is 83.4 Å². The fourth-order valence-electron chi connectivity index (χ4n) is 5.31. The molecule has 1 aliphatic heterocycles. The fourth-order valence-corrected chi connectivity index (χ4v) is 5.88. The SMILES string of the molecule is CCCCC1CC(NC(=O)Nc2cc(C(=O)NC)c(F)cc2F)CCN1Cc1ccc(Oc2ccc(NS(C)(=O)=O)cc2)cc1. The maximum atomic E-state index is 14.3. The number of anilines is 2. The van der Waals surface area contributed by atoms with Crippen LogP contribution in [0.4, 0.5) is 25.0 Å². The molecule has 4 rings (SSSR count). The molecule has 45 heavy (non-hydrogen) atoms. The summed E-state index contributed by atoms with van der Waals surface area (Å²) in [6, 6.07) is 15.5. The van der Waals surface area contributed by atoms with Crippen molar-refractivity contribution in [1.29, 1.82) is 0 Å². The maximum absolute atomic E-state index is 14.3. The van der Waals surface area contributed by atoms with E-state index in [4.69, 9.17) is 4.74 Å². The molecule has 0 saturated carbocycles. The first-order valence-corrected chi connectivity index (χ1v) is 16.7. The van der Waals surface area contributed by atoms with E-state index in [0.29, 0.717) is 36.1 Å². The molecule has 1 fully saturated rings. The molecular weight excluding hydrogens is 604 g/mol. The van der Waals surface area contributed by atoms with Gasteiger partial charge in [-0.05, 0) is 67.3 Å². The average molecular weight is 644 g/mol. The Morgan fingerprint density at radius 1 is 1.00 bits per heavy atom. The van der Waals surface area contributed by atoms with Crippen LogP contribution in [0.25, 0.3) is 0 Å². The first-order chi connectivity index (χ1) is 21.4. The zero-order chi connectivity index (χ0) is 32.6. The van der Waals surface area contributed by atoms with Crippen LogP contribution in [0.15, 0.2) is 60.7 Å². The predicted octanol–water partition coefficient (Wildman–Crippen LogP) is 5.83. The zero-order valence-corrected chi connectivity index (χ0v) is 26.3. The molecule has 2 unspecified atom stereocenters. The molecular formula is C32H39F2N5O5S. The molecule has 0 aromatic heterocycles. The first-order valence-electron chi connectivity index (χ1n) is 14.8. The second-order valence-electron chi connectivity index (χ2n) is 11.1. The number of urea groups is 1. The van der Waals surface area contributed by atoms with E-state index in [1.54, 1.807) is 24.3 Å². The molecule has 4 N–H and O–H groups in total. The predicted molar refractivity (Wildman–Crippen MR) is 170 cm³/mol. The van der Waals surface area contributed by atoms with Gasteiger partial charge in [0.2, 0.25) is 10.0 Å². The van der Waals surface area contributed by atoms with Gasteiger partial charge in [-0.25, -0.2) is 22.0 Å². The smallest absolute Gasteiger partial charge is 0.319 e. The largest absolute Gasteiger partial charge is 0.457 e. The molecule has 0 aliphatic carbocycles. The fraction of sp³-hybridized carbons (Fsp3) is 0.375. The summed E-state index contributed by atoms with van der Waals surface area (Å²) in [5.41, 5.74) is 0.927. The Morgan fingerprint density at radius 2 is 1.67 bits per heavy atom. The third-order valence-electron chi connectivity index (χ3n) is 7.54. The van der Waals surface area contributed by atoms with Gasteiger partial charge in [0.05, 0.1) is 17.5 Å². The summed E-state index contributed by atoms with van der Waals surface area (Å²) in [6.45, 7) is 3.61. The topological polar surface area (TPSA) is 129 Å². The lowest BCUT2D eigenvalue weighted by Crippen LogP contribution is -2.50. The number of carbonyl (C=O) groups is 2. The van der Waals surface area contributed by atoms with E-state index in [2.05, 4.69) is 32.5 Å². The monoisotopic (exact) mass is 643 g/mol. The molecule has 3 aromatic carbocycles. The number of sulfonamides is 1. The van der Waals surface area contributed by atoms with E-state index >= 15 is 0 Å². The van der Waals surface area contributed by atoms with Crippen LogP contribution in [0.3, 0.4) is 0 Å². The van der Waals surface area contributed by atoms with Crippen molar-refractivity contribution in [3.8, 4) is 11.5 Å². The van der Waals surface area contributed by atoms with Crippen LogP contribution < -0.4 is 25.4 Å². The van der Waals surface area contributed by atoms with Crippen molar-refractivity contribution in [3.63, 3.8) is 0 Å². The van der Waals surface area contributed by atoms with Crippen molar-refractivity contribution in [2.75, 3.05) is 29.9 Å². The van der Waals surface area contributed by atoms with Gasteiger partial charge in [-0.1, -0.05) is 31.9 Å². The van der Waals surface area contributed by atoms with Crippen LogP contribution in [-0.2, 0) is 16.6 Å². The molecule has 13 heteroatoms. The third kappa shape index (κ3) is 9.88. The Bertz CT molecular complexity index is 1590. The minimum absolute atomic E-state index is 0.139.